The van der Waals surface area contributed by atoms with E-state index in [-0.39, 0.29) is 5.56 Å². The second-order valence-electron chi connectivity index (χ2n) is 6.85. The lowest BCUT2D eigenvalue weighted by atomic mass is 10.1. The third kappa shape index (κ3) is 3.52. The Morgan fingerprint density at radius 3 is 2.33 bits per heavy atom. The topological polar surface area (TPSA) is 86.0 Å². The van der Waals surface area contributed by atoms with Gasteiger partial charge in [-0.05, 0) is 42.5 Å². The summed E-state index contributed by atoms with van der Waals surface area (Å²) in [6.45, 7) is 0. The molecule has 2 heterocycles. The number of hydrogen-bond donors (Lipinski definition) is 1. The smallest absolute Gasteiger partial charge is 0.306 e. The average Bonchev–Trinajstić information content (AvgIpc) is 3.14. The van der Waals surface area contributed by atoms with Crippen molar-refractivity contribution in [3.05, 3.63) is 59.8 Å². The van der Waals surface area contributed by atoms with Gasteiger partial charge in [0.1, 0.15) is 5.52 Å². The van der Waals surface area contributed by atoms with E-state index in [1.165, 1.54) is 24.3 Å². The van der Waals surface area contributed by atoms with Gasteiger partial charge >= 0.3 is 6.18 Å². The summed E-state index contributed by atoms with van der Waals surface area (Å²) in [6.07, 6.45) is -1.85. The summed E-state index contributed by atoms with van der Waals surface area (Å²) in [6, 6.07) is 9.27. The van der Waals surface area contributed by atoms with Gasteiger partial charge in [-0.1, -0.05) is 0 Å². The van der Waals surface area contributed by atoms with Crippen molar-refractivity contribution in [1.82, 2.24) is 19.1 Å². The minimum absolute atomic E-state index is 0.116. The third-order valence-electron chi connectivity index (χ3n) is 4.54. The summed E-state index contributed by atoms with van der Waals surface area (Å²) in [5.41, 5.74) is 1.62. The molecular formula is C19H15F3N4O3S. The summed E-state index contributed by atoms with van der Waals surface area (Å²) in [4.78, 5) is 12.2. The molecular weight excluding hydrogens is 421 g/mol. The van der Waals surface area contributed by atoms with Crippen molar-refractivity contribution in [3.63, 3.8) is 0 Å². The SMILES string of the molecule is Cn1cc2c(n1)c1cc(C(=O)NS(C)(=O)=O)ccc1n2-c1ccc(C(F)(F)F)cc1. The fourth-order valence-corrected chi connectivity index (χ4v) is 3.78. The highest BCUT2D eigenvalue weighted by Crippen LogP contribution is 2.34. The molecule has 0 atom stereocenters. The predicted octanol–water partition coefficient (Wildman–Crippen LogP) is 3.23. The number of nitrogens with one attached hydrogen (secondary N) is 1. The van der Waals surface area contributed by atoms with Crippen LogP contribution in [0.25, 0.3) is 27.6 Å². The van der Waals surface area contributed by atoms with E-state index >= 15 is 0 Å². The van der Waals surface area contributed by atoms with Gasteiger partial charge in [-0.2, -0.15) is 18.3 Å². The minimum atomic E-state index is -4.44. The first-order valence-corrected chi connectivity index (χ1v) is 10.5. The van der Waals surface area contributed by atoms with Crippen LogP contribution in [0.2, 0.25) is 0 Å². The Morgan fingerprint density at radius 2 is 1.73 bits per heavy atom. The number of hydrogen-bond acceptors (Lipinski definition) is 4. The number of carbonyl (C=O) groups excluding carboxylic acids is 1. The van der Waals surface area contributed by atoms with E-state index in [9.17, 15) is 26.4 Å². The molecule has 1 N–H and O–H groups in total. The van der Waals surface area contributed by atoms with Crippen LogP contribution in [0.5, 0.6) is 0 Å². The van der Waals surface area contributed by atoms with Crippen LogP contribution >= 0.6 is 0 Å². The maximum absolute atomic E-state index is 12.9. The first kappa shape index (κ1) is 20.0. The highest BCUT2D eigenvalue weighted by molar-refractivity contribution is 7.89. The van der Waals surface area contributed by atoms with Crippen LogP contribution in [0.3, 0.4) is 0 Å². The maximum atomic E-state index is 12.9. The van der Waals surface area contributed by atoms with Crippen LogP contribution in [0.15, 0.2) is 48.7 Å². The highest BCUT2D eigenvalue weighted by Gasteiger charge is 2.30. The number of benzene rings is 2. The number of amides is 1. The average molecular weight is 436 g/mol. The largest absolute Gasteiger partial charge is 0.416 e. The molecule has 4 rings (SSSR count). The molecule has 0 saturated heterocycles. The monoisotopic (exact) mass is 436 g/mol. The lowest BCUT2D eigenvalue weighted by molar-refractivity contribution is -0.137. The van der Waals surface area contributed by atoms with Crippen molar-refractivity contribution in [2.75, 3.05) is 6.26 Å². The number of halogens is 3. The van der Waals surface area contributed by atoms with Crippen LogP contribution in [0, 0.1) is 0 Å². The summed E-state index contributed by atoms with van der Waals surface area (Å²) in [7, 11) is -2.04. The van der Waals surface area contributed by atoms with Crippen LogP contribution in [-0.4, -0.2) is 34.9 Å². The summed E-state index contributed by atoms with van der Waals surface area (Å²) in [5.74, 6) is -0.786. The molecule has 4 aromatic rings. The van der Waals surface area contributed by atoms with E-state index < -0.39 is 27.7 Å². The minimum Gasteiger partial charge on any atom is -0.306 e. The van der Waals surface area contributed by atoms with Crippen molar-refractivity contribution < 1.29 is 26.4 Å². The lowest BCUT2D eigenvalue weighted by Crippen LogP contribution is -2.29. The van der Waals surface area contributed by atoms with E-state index in [1.54, 1.807) is 28.6 Å². The van der Waals surface area contributed by atoms with Crippen LogP contribution in [0.1, 0.15) is 15.9 Å². The Labute approximate surface area is 168 Å². The molecule has 0 aliphatic heterocycles. The first-order chi connectivity index (χ1) is 13.9. The molecule has 156 valence electrons. The van der Waals surface area contributed by atoms with Gasteiger partial charge in [0.15, 0.2) is 0 Å². The van der Waals surface area contributed by atoms with Crippen molar-refractivity contribution in [1.29, 1.82) is 0 Å². The Kier molecular flexibility index (Phi) is 4.38. The summed E-state index contributed by atoms with van der Waals surface area (Å²) in [5, 5.41) is 4.95. The number of carbonyl (C=O) groups is 1. The quantitative estimate of drug-likeness (QED) is 0.534. The van der Waals surface area contributed by atoms with Crippen LogP contribution in [0.4, 0.5) is 13.2 Å². The van der Waals surface area contributed by atoms with Crippen LogP contribution in [-0.2, 0) is 23.2 Å². The molecule has 11 heteroatoms. The van der Waals surface area contributed by atoms with E-state index in [0.717, 1.165) is 18.4 Å². The molecule has 0 unspecified atom stereocenters. The predicted molar refractivity (Wildman–Crippen MR) is 105 cm³/mol. The number of fused-ring (bicyclic) bond motifs is 3. The molecule has 2 aromatic carbocycles. The third-order valence-corrected chi connectivity index (χ3v) is 5.09. The second kappa shape index (κ2) is 6.59. The van der Waals surface area contributed by atoms with E-state index in [0.29, 0.717) is 27.6 Å². The van der Waals surface area contributed by atoms with Gasteiger partial charge in [0.2, 0.25) is 10.0 Å². The van der Waals surface area contributed by atoms with Crippen molar-refractivity contribution >= 4 is 37.9 Å². The Hall–Kier alpha value is -3.34. The Morgan fingerprint density at radius 1 is 1.07 bits per heavy atom. The number of alkyl halides is 3. The standard InChI is InChI=1S/C19H15F3N4O3S/c1-25-10-16-17(23-25)14-9-11(18(27)24-30(2,28)29)3-8-15(14)26(16)13-6-4-12(5-7-13)19(20,21)22/h3-10H,1-2H3,(H,24,27). The molecule has 0 aliphatic rings. The van der Waals surface area contributed by atoms with Gasteiger partial charge in [0.25, 0.3) is 5.91 Å². The van der Waals surface area contributed by atoms with Gasteiger partial charge in [0.05, 0.1) is 22.9 Å². The fraction of sp³-hybridized carbons (Fsp3) is 0.158. The summed E-state index contributed by atoms with van der Waals surface area (Å²) < 4.78 is 66.6. The maximum Gasteiger partial charge on any atom is 0.416 e. The molecule has 30 heavy (non-hydrogen) atoms. The van der Waals surface area contributed by atoms with Gasteiger partial charge < -0.3 is 4.57 Å². The van der Waals surface area contributed by atoms with Gasteiger partial charge in [-0.15, -0.1) is 0 Å². The molecule has 0 aliphatic carbocycles. The molecule has 0 saturated carbocycles. The number of sulfonamides is 1. The zero-order valence-electron chi connectivity index (χ0n) is 15.7. The Bertz CT molecular complexity index is 1400. The normalized spacial score (nSPS) is 12.6. The first-order valence-electron chi connectivity index (χ1n) is 8.61. The summed E-state index contributed by atoms with van der Waals surface area (Å²) >= 11 is 0. The molecule has 7 nitrogen and oxygen atoms in total. The Balaban J connectivity index is 1.90. The fourth-order valence-electron chi connectivity index (χ4n) is 3.33. The van der Waals surface area contributed by atoms with Crippen molar-refractivity contribution in [2.45, 2.75) is 6.18 Å². The van der Waals surface area contributed by atoms with Gasteiger partial charge in [0, 0.05) is 29.9 Å². The molecule has 1 amide bonds. The van der Waals surface area contributed by atoms with Crippen LogP contribution < -0.4 is 4.72 Å². The van der Waals surface area contributed by atoms with Gasteiger partial charge in [-0.3, -0.25) is 9.48 Å². The van der Waals surface area contributed by atoms with E-state index in [1.807, 2.05) is 4.72 Å². The molecule has 0 spiro atoms. The molecule has 2 aromatic heterocycles. The zero-order valence-corrected chi connectivity index (χ0v) is 16.5. The number of nitrogens with zero attached hydrogens (tertiary/aromatic N) is 3. The second-order valence-corrected chi connectivity index (χ2v) is 8.60. The number of aromatic nitrogens is 3. The lowest BCUT2D eigenvalue weighted by Gasteiger charge is -2.10. The number of rotatable bonds is 3. The zero-order chi connectivity index (χ0) is 21.8. The molecule has 0 radical (unpaired) electrons. The number of aryl methyl sites for hydroxylation is 1. The van der Waals surface area contributed by atoms with E-state index in [4.69, 9.17) is 0 Å². The van der Waals surface area contributed by atoms with Crippen molar-refractivity contribution in [3.8, 4) is 5.69 Å². The molecule has 0 bridgehead atoms. The van der Waals surface area contributed by atoms with E-state index in [2.05, 4.69) is 5.10 Å². The van der Waals surface area contributed by atoms with Gasteiger partial charge in [-0.25, -0.2) is 13.1 Å². The molecule has 0 fully saturated rings. The highest BCUT2D eigenvalue weighted by atomic mass is 32.2. The van der Waals surface area contributed by atoms with Crippen molar-refractivity contribution in [2.24, 2.45) is 7.05 Å².